The number of rotatable bonds is 1. The van der Waals surface area contributed by atoms with Gasteiger partial charge in [0.25, 0.3) is 0 Å². The number of halogens is 4. The lowest BCUT2D eigenvalue weighted by Gasteiger charge is -2.34. The van der Waals surface area contributed by atoms with Gasteiger partial charge in [-0.05, 0) is 18.5 Å². The molecule has 20 heavy (non-hydrogen) atoms. The summed E-state index contributed by atoms with van der Waals surface area (Å²) < 4.78 is 60.9. The third kappa shape index (κ3) is 3.32. The second-order valence-corrected chi connectivity index (χ2v) is 7.10. The maximum Gasteiger partial charge on any atom is 0.433 e. The fourth-order valence-corrected chi connectivity index (χ4v) is 3.77. The van der Waals surface area contributed by atoms with Crippen molar-refractivity contribution in [2.45, 2.75) is 19.1 Å². The molecule has 1 saturated heterocycles. The largest absolute Gasteiger partial charge is 0.433 e. The second kappa shape index (κ2) is 5.03. The standard InChI is InChI=1S/C10H11ClF3N3O2S/c1-6-5-20(18,19)3-2-17(6)8-4-7(10(12,13)14)15-9(11)16-8/h4,6H,2-3,5H2,1H3. The molecule has 0 bridgehead atoms. The van der Waals surface area contributed by atoms with Crippen LogP contribution in [0, 0.1) is 0 Å². The van der Waals surface area contributed by atoms with Crippen LogP contribution in [0.3, 0.4) is 0 Å². The zero-order chi connectivity index (χ0) is 15.1. The zero-order valence-corrected chi connectivity index (χ0v) is 11.9. The summed E-state index contributed by atoms with van der Waals surface area (Å²) in [6.45, 7) is 1.69. The Labute approximate surface area is 118 Å². The molecule has 1 aliphatic rings. The molecule has 1 aromatic heterocycles. The van der Waals surface area contributed by atoms with E-state index in [2.05, 4.69) is 9.97 Å². The smallest absolute Gasteiger partial charge is 0.352 e. The molecule has 0 saturated carbocycles. The van der Waals surface area contributed by atoms with E-state index in [-0.39, 0.29) is 23.9 Å². The van der Waals surface area contributed by atoms with Crippen molar-refractivity contribution in [3.8, 4) is 0 Å². The minimum absolute atomic E-state index is 0.0141. The Bertz CT molecular complexity index is 621. The first-order valence-corrected chi connectivity index (χ1v) is 7.87. The van der Waals surface area contributed by atoms with Crippen molar-refractivity contribution >= 4 is 27.3 Å². The van der Waals surface area contributed by atoms with Crippen molar-refractivity contribution in [1.82, 2.24) is 9.97 Å². The molecular weight excluding hydrogens is 319 g/mol. The summed E-state index contributed by atoms with van der Waals surface area (Å²) in [6.07, 6.45) is -4.63. The molecule has 1 fully saturated rings. The summed E-state index contributed by atoms with van der Waals surface area (Å²) in [6, 6.07) is 0.307. The lowest BCUT2D eigenvalue weighted by molar-refractivity contribution is -0.141. The van der Waals surface area contributed by atoms with Crippen LogP contribution in [0.25, 0.3) is 0 Å². The summed E-state index contributed by atoms with van der Waals surface area (Å²) in [7, 11) is -3.16. The predicted octanol–water partition coefficient (Wildman–Crippen LogP) is 1.77. The highest BCUT2D eigenvalue weighted by Crippen LogP contribution is 2.31. The van der Waals surface area contributed by atoms with Crippen LogP contribution >= 0.6 is 11.6 Å². The van der Waals surface area contributed by atoms with Crippen LogP contribution in [0.2, 0.25) is 5.28 Å². The van der Waals surface area contributed by atoms with Gasteiger partial charge in [0.15, 0.2) is 15.5 Å². The average Bonchev–Trinajstić information content (AvgIpc) is 2.25. The van der Waals surface area contributed by atoms with E-state index < -0.39 is 33.0 Å². The third-order valence-electron chi connectivity index (χ3n) is 2.94. The first-order valence-electron chi connectivity index (χ1n) is 5.67. The topological polar surface area (TPSA) is 63.2 Å². The summed E-state index contributed by atoms with van der Waals surface area (Å²) in [5.41, 5.74) is -1.15. The van der Waals surface area contributed by atoms with E-state index in [1.807, 2.05) is 0 Å². The van der Waals surface area contributed by atoms with Gasteiger partial charge in [0, 0.05) is 18.7 Å². The molecule has 1 atom stereocenters. The molecular formula is C10H11ClF3N3O2S. The molecule has 0 amide bonds. The van der Waals surface area contributed by atoms with Gasteiger partial charge in [0.1, 0.15) is 5.82 Å². The van der Waals surface area contributed by atoms with Crippen LogP contribution in [-0.4, -0.2) is 42.5 Å². The number of aromatic nitrogens is 2. The van der Waals surface area contributed by atoms with E-state index in [0.29, 0.717) is 0 Å². The van der Waals surface area contributed by atoms with Crippen LogP contribution in [0.1, 0.15) is 12.6 Å². The summed E-state index contributed by atoms with van der Waals surface area (Å²) in [5, 5.41) is -0.518. The first kappa shape index (κ1) is 15.3. The first-order chi connectivity index (χ1) is 9.08. The minimum atomic E-state index is -4.63. The minimum Gasteiger partial charge on any atom is -0.352 e. The average molecular weight is 330 g/mol. The van der Waals surface area contributed by atoms with Gasteiger partial charge in [-0.1, -0.05) is 0 Å². The highest BCUT2D eigenvalue weighted by Gasteiger charge is 2.35. The maximum atomic E-state index is 12.7. The summed E-state index contributed by atoms with van der Waals surface area (Å²) >= 11 is 5.51. The van der Waals surface area contributed by atoms with Gasteiger partial charge >= 0.3 is 6.18 Å². The van der Waals surface area contributed by atoms with Gasteiger partial charge in [-0.3, -0.25) is 0 Å². The Morgan fingerprint density at radius 3 is 2.60 bits per heavy atom. The second-order valence-electron chi connectivity index (χ2n) is 4.53. The maximum absolute atomic E-state index is 12.7. The van der Waals surface area contributed by atoms with Crippen molar-refractivity contribution < 1.29 is 21.6 Å². The highest BCUT2D eigenvalue weighted by atomic mass is 35.5. The van der Waals surface area contributed by atoms with E-state index in [1.165, 1.54) is 4.90 Å². The van der Waals surface area contributed by atoms with E-state index in [0.717, 1.165) is 6.07 Å². The Balaban J connectivity index is 2.36. The van der Waals surface area contributed by atoms with E-state index >= 15 is 0 Å². The molecule has 0 aromatic carbocycles. The Kier molecular flexibility index (Phi) is 3.85. The van der Waals surface area contributed by atoms with E-state index in [9.17, 15) is 21.6 Å². The van der Waals surface area contributed by atoms with Crippen molar-refractivity contribution in [3.63, 3.8) is 0 Å². The monoisotopic (exact) mass is 329 g/mol. The number of sulfone groups is 1. The molecule has 1 aliphatic heterocycles. The zero-order valence-electron chi connectivity index (χ0n) is 10.4. The molecule has 1 unspecified atom stereocenters. The highest BCUT2D eigenvalue weighted by molar-refractivity contribution is 7.91. The van der Waals surface area contributed by atoms with Crippen molar-refractivity contribution in [2.75, 3.05) is 23.0 Å². The molecule has 1 aromatic rings. The van der Waals surface area contributed by atoms with Gasteiger partial charge in [-0.15, -0.1) is 0 Å². The molecule has 2 heterocycles. The molecule has 5 nitrogen and oxygen atoms in total. The third-order valence-corrected chi connectivity index (χ3v) is 4.90. The lowest BCUT2D eigenvalue weighted by Crippen LogP contribution is -2.47. The van der Waals surface area contributed by atoms with E-state index in [1.54, 1.807) is 6.92 Å². The fraction of sp³-hybridized carbons (Fsp3) is 0.600. The van der Waals surface area contributed by atoms with Crippen LogP contribution in [0.4, 0.5) is 19.0 Å². The number of anilines is 1. The van der Waals surface area contributed by atoms with Gasteiger partial charge < -0.3 is 4.90 Å². The van der Waals surface area contributed by atoms with E-state index in [4.69, 9.17) is 11.6 Å². The van der Waals surface area contributed by atoms with Crippen molar-refractivity contribution in [2.24, 2.45) is 0 Å². The molecule has 10 heteroatoms. The van der Waals surface area contributed by atoms with Gasteiger partial charge in [-0.2, -0.15) is 13.2 Å². The fourth-order valence-electron chi connectivity index (χ4n) is 2.04. The lowest BCUT2D eigenvalue weighted by atomic mass is 10.3. The van der Waals surface area contributed by atoms with Crippen LogP contribution in [0.5, 0.6) is 0 Å². The number of hydrogen-bond acceptors (Lipinski definition) is 5. The molecule has 0 radical (unpaired) electrons. The van der Waals surface area contributed by atoms with Gasteiger partial charge in [0.05, 0.1) is 11.5 Å². The van der Waals surface area contributed by atoms with Crippen molar-refractivity contribution in [3.05, 3.63) is 17.0 Å². The number of nitrogens with zero attached hydrogens (tertiary/aromatic N) is 3. The summed E-state index contributed by atoms with van der Waals surface area (Å²) in [4.78, 5) is 8.38. The molecule has 0 spiro atoms. The normalized spacial score (nSPS) is 22.9. The summed E-state index contributed by atoms with van der Waals surface area (Å²) in [5.74, 6) is -0.268. The Morgan fingerprint density at radius 2 is 2.05 bits per heavy atom. The molecule has 0 aliphatic carbocycles. The SMILES string of the molecule is CC1CS(=O)(=O)CCN1c1cc(C(F)(F)F)nc(Cl)n1. The molecule has 0 N–H and O–H groups in total. The van der Waals surface area contributed by atoms with Gasteiger partial charge in [0.2, 0.25) is 5.28 Å². The molecule has 2 rings (SSSR count). The van der Waals surface area contributed by atoms with Gasteiger partial charge in [-0.25, -0.2) is 18.4 Å². The quantitative estimate of drug-likeness (QED) is 0.735. The number of alkyl halides is 3. The predicted molar refractivity (Wildman–Crippen MR) is 67.5 cm³/mol. The van der Waals surface area contributed by atoms with Crippen LogP contribution < -0.4 is 4.90 Å². The van der Waals surface area contributed by atoms with Crippen LogP contribution in [-0.2, 0) is 16.0 Å². The van der Waals surface area contributed by atoms with Crippen molar-refractivity contribution in [1.29, 1.82) is 0 Å². The number of hydrogen-bond donors (Lipinski definition) is 0. The Morgan fingerprint density at radius 1 is 1.40 bits per heavy atom. The van der Waals surface area contributed by atoms with Crippen LogP contribution in [0.15, 0.2) is 6.07 Å². The molecule has 112 valence electrons. The Hall–Kier alpha value is -1.09.